The molecule has 0 saturated heterocycles. The number of aromatic nitrogens is 1. The van der Waals surface area contributed by atoms with Gasteiger partial charge < -0.3 is 5.73 Å². The molecule has 1 unspecified atom stereocenters. The van der Waals surface area contributed by atoms with Crippen molar-refractivity contribution in [2.75, 3.05) is 5.73 Å². The predicted molar refractivity (Wildman–Crippen MR) is 74.6 cm³/mol. The van der Waals surface area contributed by atoms with Crippen LogP contribution in [0.4, 0.5) is 5.00 Å². The van der Waals surface area contributed by atoms with Gasteiger partial charge in [-0.3, -0.25) is 0 Å². The van der Waals surface area contributed by atoms with Crippen LogP contribution in [0.15, 0.2) is 30.3 Å². The number of anilines is 1. The lowest BCUT2D eigenvalue weighted by molar-refractivity contribution is 0.816. The van der Waals surface area contributed by atoms with Crippen LogP contribution in [-0.4, -0.2) is 4.98 Å². The molecule has 0 aliphatic carbocycles. The number of nitrogens with zero attached hydrogens (tertiary/aromatic N) is 1. The van der Waals surface area contributed by atoms with Gasteiger partial charge in [0.25, 0.3) is 0 Å². The van der Waals surface area contributed by atoms with Gasteiger partial charge in [-0.05, 0) is 5.56 Å². The minimum Gasteiger partial charge on any atom is -0.389 e. The van der Waals surface area contributed by atoms with Crippen LogP contribution in [0.2, 0.25) is 0 Å². The molecule has 0 bridgehead atoms. The molecule has 0 radical (unpaired) electrons. The fourth-order valence-electron chi connectivity index (χ4n) is 1.82. The topological polar surface area (TPSA) is 38.9 Å². The minimum atomic E-state index is 0.264. The zero-order valence-electron chi connectivity index (χ0n) is 10.5. The van der Waals surface area contributed by atoms with Crippen molar-refractivity contribution < 1.29 is 0 Å². The number of benzene rings is 1. The van der Waals surface area contributed by atoms with Crippen LogP contribution in [0.3, 0.4) is 0 Å². The summed E-state index contributed by atoms with van der Waals surface area (Å²) in [6, 6.07) is 10.4. The van der Waals surface area contributed by atoms with Crippen LogP contribution >= 0.6 is 11.3 Å². The lowest BCUT2D eigenvalue weighted by Crippen LogP contribution is -2.00. The molecule has 0 saturated carbocycles. The van der Waals surface area contributed by atoms with Gasteiger partial charge in [0, 0.05) is 11.8 Å². The molecular weight excluding hydrogens is 228 g/mol. The van der Waals surface area contributed by atoms with Gasteiger partial charge in [-0.15, -0.1) is 11.3 Å². The Morgan fingerprint density at radius 2 is 1.76 bits per heavy atom. The molecule has 0 spiro atoms. The van der Waals surface area contributed by atoms with Gasteiger partial charge in [-0.1, -0.05) is 51.1 Å². The van der Waals surface area contributed by atoms with Crippen molar-refractivity contribution >= 4 is 16.3 Å². The number of rotatable bonds is 3. The highest BCUT2D eigenvalue weighted by atomic mass is 32.1. The van der Waals surface area contributed by atoms with E-state index in [1.807, 2.05) is 6.07 Å². The summed E-state index contributed by atoms with van der Waals surface area (Å²) in [7, 11) is 0. The summed E-state index contributed by atoms with van der Waals surface area (Å²) in [5.41, 5.74) is 8.36. The Hall–Kier alpha value is -1.35. The summed E-state index contributed by atoms with van der Waals surface area (Å²) >= 11 is 1.61. The van der Waals surface area contributed by atoms with Gasteiger partial charge >= 0.3 is 0 Å². The maximum atomic E-state index is 6.07. The van der Waals surface area contributed by atoms with Gasteiger partial charge in [-0.2, -0.15) is 0 Å². The molecule has 1 atom stereocenters. The van der Waals surface area contributed by atoms with Crippen molar-refractivity contribution in [3.8, 4) is 0 Å². The van der Waals surface area contributed by atoms with Gasteiger partial charge in [0.05, 0.1) is 10.7 Å². The Bertz CT molecular complexity index is 488. The summed E-state index contributed by atoms with van der Waals surface area (Å²) in [6.45, 7) is 6.45. The molecule has 0 fully saturated rings. The second-order valence-electron chi connectivity index (χ2n) is 4.59. The van der Waals surface area contributed by atoms with Gasteiger partial charge in [0.15, 0.2) is 0 Å². The molecule has 2 nitrogen and oxygen atoms in total. The standard InChI is InChI=1S/C14H18N2S/c1-9(2)14-16-12(13(15)17-14)10(3)11-7-5-4-6-8-11/h4-10H,15H2,1-3H3. The van der Waals surface area contributed by atoms with E-state index in [2.05, 4.69) is 50.0 Å². The molecule has 1 aromatic carbocycles. The maximum Gasteiger partial charge on any atom is 0.110 e. The molecule has 1 heterocycles. The van der Waals surface area contributed by atoms with E-state index in [1.165, 1.54) is 5.56 Å². The van der Waals surface area contributed by atoms with Crippen molar-refractivity contribution in [1.82, 2.24) is 4.98 Å². The first-order valence-corrected chi connectivity index (χ1v) is 6.72. The fourth-order valence-corrected chi connectivity index (χ4v) is 2.75. The smallest absolute Gasteiger partial charge is 0.110 e. The Morgan fingerprint density at radius 3 is 2.29 bits per heavy atom. The molecule has 17 heavy (non-hydrogen) atoms. The normalized spacial score (nSPS) is 12.9. The Balaban J connectivity index is 2.34. The van der Waals surface area contributed by atoms with Gasteiger partial charge in [0.1, 0.15) is 5.00 Å². The predicted octanol–water partition coefficient (Wildman–Crippen LogP) is 4.00. The van der Waals surface area contributed by atoms with Crippen LogP contribution in [0, 0.1) is 0 Å². The first-order valence-electron chi connectivity index (χ1n) is 5.90. The Kier molecular flexibility index (Phi) is 3.48. The molecule has 0 amide bonds. The summed E-state index contributed by atoms with van der Waals surface area (Å²) in [6.07, 6.45) is 0. The third-order valence-corrected chi connectivity index (χ3v) is 4.10. The summed E-state index contributed by atoms with van der Waals surface area (Å²) in [4.78, 5) is 4.68. The maximum absolute atomic E-state index is 6.07. The van der Waals surface area contributed by atoms with E-state index in [1.54, 1.807) is 11.3 Å². The van der Waals surface area contributed by atoms with Crippen LogP contribution in [0.1, 0.15) is 48.9 Å². The fraction of sp³-hybridized carbons (Fsp3) is 0.357. The highest BCUT2D eigenvalue weighted by Gasteiger charge is 2.17. The molecule has 90 valence electrons. The number of hydrogen-bond donors (Lipinski definition) is 1. The lowest BCUT2D eigenvalue weighted by atomic mass is 9.98. The molecule has 2 N–H and O–H groups in total. The third kappa shape index (κ3) is 2.50. The number of nitrogens with two attached hydrogens (primary N) is 1. The lowest BCUT2D eigenvalue weighted by Gasteiger charge is -2.09. The van der Waals surface area contributed by atoms with E-state index in [-0.39, 0.29) is 5.92 Å². The van der Waals surface area contributed by atoms with E-state index in [0.717, 1.165) is 15.7 Å². The summed E-state index contributed by atoms with van der Waals surface area (Å²) < 4.78 is 0. The monoisotopic (exact) mass is 246 g/mol. The largest absolute Gasteiger partial charge is 0.389 e. The SMILES string of the molecule is CC(C)c1nc(C(C)c2ccccc2)c(N)s1. The molecule has 3 heteroatoms. The second kappa shape index (κ2) is 4.88. The molecule has 2 rings (SSSR count). The average Bonchev–Trinajstić information content (AvgIpc) is 2.72. The first-order chi connectivity index (χ1) is 8.09. The number of nitrogen functional groups attached to an aromatic ring is 1. The van der Waals surface area contributed by atoms with Crippen LogP contribution in [0.5, 0.6) is 0 Å². The minimum absolute atomic E-state index is 0.264. The van der Waals surface area contributed by atoms with Crippen molar-refractivity contribution in [2.45, 2.75) is 32.6 Å². The second-order valence-corrected chi connectivity index (χ2v) is 5.65. The van der Waals surface area contributed by atoms with Crippen molar-refractivity contribution in [2.24, 2.45) is 0 Å². The number of hydrogen-bond acceptors (Lipinski definition) is 3. The summed E-state index contributed by atoms with van der Waals surface area (Å²) in [5.74, 6) is 0.707. The molecular formula is C14H18N2S. The quantitative estimate of drug-likeness (QED) is 0.889. The van der Waals surface area contributed by atoms with Gasteiger partial charge in [-0.25, -0.2) is 4.98 Å². The van der Waals surface area contributed by atoms with Crippen LogP contribution < -0.4 is 5.73 Å². The van der Waals surface area contributed by atoms with E-state index < -0.39 is 0 Å². The van der Waals surface area contributed by atoms with Gasteiger partial charge in [0.2, 0.25) is 0 Å². The van der Waals surface area contributed by atoms with E-state index >= 15 is 0 Å². The highest BCUT2D eigenvalue weighted by Crippen LogP contribution is 2.34. The van der Waals surface area contributed by atoms with Crippen LogP contribution in [0.25, 0.3) is 0 Å². The van der Waals surface area contributed by atoms with Crippen molar-refractivity contribution in [3.63, 3.8) is 0 Å². The number of thiazole rings is 1. The highest BCUT2D eigenvalue weighted by molar-refractivity contribution is 7.15. The van der Waals surface area contributed by atoms with E-state index in [9.17, 15) is 0 Å². The zero-order valence-corrected chi connectivity index (χ0v) is 11.3. The van der Waals surface area contributed by atoms with Crippen molar-refractivity contribution in [3.05, 3.63) is 46.6 Å². The summed E-state index contributed by atoms with van der Waals surface area (Å²) in [5, 5.41) is 1.98. The Labute approximate surface area is 107 Å². The van der Waals surface area contributed by atoms with Crippen molar-refractivity contribution in [1.29, 1.82) is 0 Å². The first kappa shape index (κ1) is 12.1. The zero-order chi connectivity index (χ0) is 12.4. The molecule has 2 aromatic rings. The molecule has 0 aliphatic heterocycles. The van der Waals surface area contributed by atoms with E-state index in [4.69, 9.17) is 5.73 Å². The van der Waals surface area contributed by atoms with Crippen LogP contribution in [-0.2, 0) is 0 Å². The molecule has 0 aliphatic rings. The average molecular weight is 246 g/mol. The third-order valence-electron chi connectivity index (χ3n) is 2.90. The van der Waals surface area contributed by atoms with E-state index in [0.29, 0.717) is 5.92 Å². The molecule has 1 aromatic heterocycles. The Morgan fingerprint density at radius 1 is 1.12 bits per heavy atom.